The molecule has 0 aliphatic carbocycles. The van der Waals surface area contributed by atoms with Crippen LogP contribution in [0, 0.1) is 20.8 Å². The lowest BCUT2D eigenvalue weighted by atomic mass is 10.0. The minimum atomic E-state index is -1.10. The molecule has 2 N–H and O–H groups in total. The van der Waals surface area contributed by atoms with Gasteiger partial charge in [0.15, 0.2) is 6.04 Å². The second-order valence-corrected chi connectivity index (χ2v) is 5.03. The lowest BCUT2D eigenvalue weighted by Crippen LogP contribution is -2.33. The molecule has 1 amide bonds. The van der Waals surface area contributed by atoms with Crippen molar-refractivity contribution >= 4 is 11.9 Å². The van der Waals surface area contributed by atoms with Gasteiger partial charge in [-0.05, 0) is 43.5 Å². The number of carboxylic acids is 1. The molecule has 0 saturated heterocycles. The first-order valence-corrected chi connectivity index (χ1v) is 6.54. The van der Waals surface area contributed by atoms with E-state index in [1.807, 2.05) is 19.9 Å². The van der Waals surface area contributed by atoms with E-state index < -0.39 is 17.9 Å². The Hall–Kier alpha value is -2.56. The summed E-state index contributed by atoms with van der Waals surface area (Å²) in [7, 11) is 0. The van der Waals surface area contributed by atoms with Crippen LogP contribution >= 0.6 is 0 Å². The van der Waals surface area contributed by atoms with Crippen LogP contribution in [0.5, 0.6) is 0 Å². The molecule has 5 heteroatoms. The van der Waals surface area contributed by atoms with Crippen LogP contribution in [0.3, 0.4) is 0 Å². The molecule has 1 atom stereocenters. The number of nitrogens with one attached hydrogen (secondary N) is 1. The number of carbonyl (C=O) groups excluding carboxylic acids is 1. The summed E-state index contributed by atoms with van der Waals surface area (Å²) in [6.45, 7) is 5.56. The van der Waals surface area contributed by atoms with E-state index in [1.54, 1.807) is 25.1 Å². The number of aliphatic carboxylic acids is 1. The number of rotatable bonds is 4. The molecular weight excluding hydrogens is 270 g/mol. The molecule has 5 nitrogen and oxygen atoms in total. The van der Waals surface area contributed by atoms with Gasteiger partial charge in [0.1, 0.15) is 12.0 Å². The number of amides is 1. The second kappa shape index (κ2) is 5.83. The monoisotopic (exact) mass is 287 g/mol. The van der Waals surface area contributed by atoms with Crippen molar-refractivity contribution in [3.05, 3.63) is 58.5 Å². The molecule has 0 saturated carbocycles. The summed E-state index contributed by atoms with van der Waals surface area (Å²) in [5, 5.41) is 11.9. The average molecular weight is 287 g/mol. The number of hydrogen-bond donors (Lipinski definition) is 2. The van der Waals surface area contributed by atoms with Gasteiger partial charge in [-0.3, -0.25) is 4.79 Å². The smallest absolute Gasteiger partial charge is 0.330 e. The molecule has 110 valence electrons. The van der Waals surface area contributed by atoms with Gasteiger partial charge >= 0.3 is 5.97 Å². The zero-order valence-electron chi connectivity index (χ0n) is 12.1. The number of hydrogen-bond acceptors (Lipinski definition) is 3. The first-order chi connectivity index (χ1) is 9.88. The SMILES string of the molecule is Cc1cc(C(=O)NC(C(=O)O)c2ccc(C)c(C)c2)co1. The van der Waals surface area contributed by atoms with Crippen LogP contribution in [0.25, 0.3) is 0 Å². The Kier molecular flexibility index (Phi) is 4.12. The summed E-state index contributed by atoms with van der Waals surface area (Å²) >= 11 is 0. The first-order valence-electron chi connectivity index (χ1n) is 6.54. The van der Waals surface area contributed by atoms with Crippen LogP contribution < -0.4 is 5.32 Å². The van der Waals surface area contributed by atoms with Crippen LogP contribution in [-0.2, 0) is 4.79 Å². The minimum Gasteiger partial charge on any atom is -0.479 e. The first kappa shape index (κ1) is 14.8. The van der Waals surface area contributed by atoms with E-state index in [-0.39, 0.29) is 0 Å². The highest BCUT2D eigenvalue weighted by molar-refractivity contribution is 5.96. The van der Waals surface area contributed by atoms with Gasteiger partial charge < -0.3 is 14.8 Å². The zero-order valence-corrected chi connectivity index (χ0v) is 12.1. The highest BCUT2D eigenvalue weighted by Gasteiger charge is 2.23. The molecule has 1 aromatic heterocycles. The van der Waals surface area contributed by atoms with Crippen LogP contribution in [0.4, 0.5) is 0 Å². The molecule has 2 rings (SSSR count). The normalized spacial score (nSPS) is 12.0. The molecule has 0 fully saturated rings. The third-order valence-electron chi connectivity index (χ3n) is 3.38. The van der Waals surface area contributed by atoms with E-state index in [0.717, 1.165) is 11.1 Å². The number of aryl methyl sites for hydroxylation is 3. The highest BCUT2D eigenvalue weighted by Crippen LogP contribution is 2.18. The summed E-state index contributed by atoms with van der Waals surface area (Å²) in [6.07, 6.45) is 1.31. The van der Waals surface area contributed by atoms with Gasteiger partial charge in [0.2, 0.25) is 0 Å². The molecular formula is C16H17NO4. The van der Waals surface area contributed by atoms with Gasteiger partial charge in [-0.15, -0.1) is 0 Å². The second-order valence-electron chi connectivity index (χ2n) is 5.03. The van der Waals surface area contributed by atoms with Gasteiger partial charge in [0, 0.05) is 0 Å². The Balaban J connectivity index is 2.25. The van der Waals surface area contributed by atoms with Crippen LogP contribution in [-0.4, -0.2) is 17.0 Å². The summed E-state index contributed by atoms with van der Waals surface area (Å²) in [4.78, 5) is 23.5. The van der Waals surface area contributed by atoms with Crippen molar-refractivity contribution in [2.24, 2.45) is 0 Å². The highest BCUT2D eigenvalue weighted by atomic mass is 16.4. The maximum absolute atomic E-state index is 12.1. The Morgan fingerprint density at radius 1 is 1.14 bits per heavy atom. The van der Waals surface area contributed by atoms with E-state index in [1.165, 1.54) is 6.26 Å². The molecule has 0 radical (unpaired) electrons. The van der Waals surface area contributed by atoms with Gasteiger partial charge in [0.25, 0.3) is 5.91 Å². The third-order valence-corrected chi connectivity index (χ3v) is 3.38. The Morgan fingerprint density at radius 3 is 2.38 bits per heavy atom. The van der Waals surface area contributed by atoms with Crippen molar-refractivity contribution in [1.82, 2.24) is 5.32 Å². The maximum atomic E-state index is 12.1. The van der Waals surface area contributed by atoms with Crippen molar-refractivity contribution in [3.63, 3.8) is 0 Å². The van der Waals surface area contributed by atoms with Gasteiger partial charge in [-0.2, -0.15) is 0 Å². The molecule has 0 aliphatic rings. The minimum absolute atomic E-state index is 0.308. The van der Waals surface area contributed by atoms with Crippen molar-refractivity contribution in [3.8, 4) is 0 Å². The number of furan rings is 1. The Labute approximate surface area is 122 Å². The van der Waals surface area contributed by atoms with Gasteiger partial charge in [-0.1, -0.05) is 18.2 Å². The molecule has 0 spiro atoms. The van der Waals surface area contributed by atoms with E-state index in [4.69, 9.17) is 4.42 Å². The Bertz CT molecular complexity index is 687. The summed E-state index contributed by atoms with van der Waals surface area (Å²) in [5.41, 5.74) is 2.90. The largest absolute Gasteiger partial charge is 0.479 e. The lowest BCUT2D eigenvalue weighted by Gasteiger charge is -2.15. The molecule has 1 aromatic carbocycles. The lowest BCUT2D eigenvalue weighted by molar-refractivity contribution is -0.139. The van der Waals surface area contributed by atoms with Crippen LogP contribution in [0.2, 0.25) is 0 Å². The standard InChI is InChI=1S/C16H17NO4/c1-9-4-5-12(6-10(9)2)14(16(19)20)17-15(18)13-7-11(3)21-8-13/h4-8,14H,1-3H3,(H,17,18)(H,19,20). The molecule has 0 bridgehead atoms. The van der Waals surface area contributed by atoms with E-state index >= 15 is 0 Å². The van der Waals surface area contributed by atoms with Gasteiger partial charge in [0.05, 0.1) is 5.56 Å². The topological polar surface area (TPSA) is 79.5 Å². The van der Waals surface area contributed by atoms with Crippen molar-refractivity contribution in [2.45, 2.75) is 26.8 Å². The summed E-state index contributed by atoms with van der Waals surface area (Å²) in [5.74, 6) is -0.984. The number of benzene rings is 1. The average Bonchev–Trinajstić information content (AvgIpc) is 2.85. The molecule has 2 aromatic rings. The molecule has 1 unspecified atom stereocenters. The van der Waals surface area contributed by atoms with E-state index in [2.05, 4.69) is 5.32 Å². The fourth-order valence-electron chi connectivity index (χ4n) is 2.01. The van der Waals surface area contributed by atoms with Gasteiger partial charge in [-0.25, -0.2) is 4.79 Å². The quantitative estimate of drug-likeness (QED) is 0.906. The fraction of sp³-hybridized carbons (Fsp3) is 0.250. The predicted molar refractivity (Wildman–Crippen MR) is 77.2 cm³/mol. The maximum Gasteiger partial charge on any atom is 0.330 e. The molecule has 21 heavy (non-hydrogen) atoms. The Morgan fingerprint density at radius 2 is 1.86 bits per heavy atom. The van der Waals surface area contributed by atoms with E-state index in [9.17, 15) is 14.7 Å². The van der Waals surface area contributed by atoms with Crippen LogP contribution in [0.15, 0.2) is 34.9 Å². The summed E-state index contributed by atoms with van der Waals surface area (Å²) < 4.78 is 5.06. The fourth-order valence-corrected chi connectivity index (χ4v) is 2.01. The molecule has 1 heterocycles. The predicted octanol–water partition coefficient (Wildman–Crippen LogP) is 2.76. The van der Waals surface area contributed by atoms with Crippen LogP contribution in [0.1, 0.15) is 38.9 Å². The number of carboxylic acid groups (broad SMARTS) is 1. The summed E-state index contributed by atoms with van der Waals surface area (Å²) in [6, 6.07) is 5.80. The van der Waals surface area contributed by atoms with E-state index in [0.29, 0.717) is 16.9 Å². The zero-order chi connectivity index (χ0) is 15.6. The molecule has 0 aliphatic heterocycles. The van der Waals surface area contributed by atoms with Crippen molar-refractivity contribution < 1.29 is 19.1 Å². The third kappa shape index (κ3) is 3.31. The van der Waals surface area contributed by atoms with Crippen molar-refractivity contribution in [1.29, 1.82) is 0 Å². The van der Waals surface area contributed by atoms with Crippen molar-refractivity contribution in [2.75, 3.05) is 0 Å². The number of carbonyl (C=O) groups is 2.